The Hall–Kier alpha value is -2.66. The number of halogens is 1. The molecule has 1 amide bonds. The monoisotopic (exact) mass is 355 g/mol. The molecule has 3 rings (SSSR count). The topological polar surface area (TPSA) is 38.3 Å². The van der Waals surface area contributed by atoms with Crippen LogP contribution < -0.4 is 10.1 Å². The number of carbonyl (C=O) groups is 1. The highest BCUT2D eigenvalue weighted by atomic mass is 32.1. The number of benzene rings is 2. The minimum absolute atomic E-state index is 0.161. The lowest BCUT2D eigenvalue weighted by molar-refractivity contribution is 0.0955. The summed E-state index contributed by atoms with van der Waals surface area (Å²) in [6, 6.07) is 17.7. The van der Waals surface area contributed by atoms with Crippen LogP contribution in [0.1, 0.15) is 22.2 Å². The minimum Gasteiger partial charge on any atom is -0.494 e. The fourth-order valence-electron chi connectivity index (χ4n) is 2.41. The third kappa shape index (κ3) is 4.45. The van der Waals surface area contributed by atoms with Gasteiger partial charge in [-0.25, -0.2) is 4.39 Å². The van der Waals surface area contributed by atoms with E-state index in [2.05, 4.69) is 5.32 Å². The second-order valence-corrected chi connectivity index (χ2v) is 6.52. The van der Waals surface area contributed by atoms with E-state index in [1.54, 1.807) is 18.2 Å². The van der Waals surface area contributed by atoms with Crippen LogP contribution in [0.2, 0.25) is 0 Å². The fraction of sp³-hybridized carbons (Fsp3) is 0.150. The third-order valence-electron chi connectivity index (χ3n) is 3.62. The van der Waals surface area contributed by atoms with Gasteiger partial charge < -0.3 is 10.1 Å². The van der Waals surface area contributed by atoms with Crippen molar-refractivity contribution in [1.29, 1.82) is 0 Å². The SMILES string of the molecule is CCOc1ccc(-c2ccc(C(=O)NCc3cccc(F)c3)s2)cc1. The van der Waals surface area contributed by atoms with Gasteiger partial charge in [-0.1, -0.05) is 12.1 Å². The molecule has 2 aromatic carbocycles. The van der Waals surface area contributed by atoms with Gasteiger partial charge in [0.2, 0.25) is 0 Å². The summed E-state index contributed by atoms with van der Waals surface area (Å²) in [4.78, 5) is 13.9. The molecule has 0 atom stereocenters. The summed E-state index contributed by atoms with van der Waals surface area (Å²) in [5.41, 5.74) is 1.77. The van der Waals surface area contributed by atoms with Crippen molar-refractivity contribution in [1.82, 2.24) is 5.32 Å². The number of thiophene rings is 1. The minimum atomic E-state index is -0.305. The molecule has 0 saturated carbocycles. The van der Waals surface area contributed by atoms with Crippen molar-refractivity contribution in [3.8, 4) is 16.2 Å². The smallest absolute Gasteiger partial charge is 0.261 e. The fourth-order valence-corrected chi connectivity index (χ4v) is 3.34. The first-order valence-corrected chi connectivity index (χ1v) is 8.83. The van der Waals surface area contributed by atoms with Gasteiger partial charge in [0.25, 0.3) is 5.91 Å². The Balaban J connectivity index is 1.65. The van der Waals surface area contributed by atoms with Crippen LogP contribution in [0.4, 0.5) is 4.39 Å². The molecule has 1 aromatic heterocycles. The van der Waals surface area contributed by atoms with Gasteiger partial charge >= 0.3 is 0 Å². The van der Waals surface area contributed by atoms with Gasteiger partial charge in [0.05, 0.1) is 11.5 Å². The number of amides is 1. The van der Waals surface area contributed by atoms with Crippen LogP contribution in [0, 0.1) is 5.82 Å². The van der Waals surface area contributed by atoms with E-state index >= 15 is 0 Å². The largest absolute Gasteiger partial charge is 0.494 e. The molecule has 3 nitrogen and oxygen atoms in total. The number of nitrogens with one attached hydrogen (secondary N) is 1. The van der Waals surface area contributed by atoms with Crippen molar-refractivity contribution in [2.45, 2.75) is 13.5 Å². The molecular weight excluding hydrogens is 337 g/mol. The Morgan fingerprint density at radius 3 is 2.64 bits per heavy atom. The molecule has 0 aliphatic heterocycles. The average molecular weight is 355 g/mol. The van der Waals surface area contributed by atoms with E-state index in [4.69, 9.17) is 4.74 Å². The molecular formula is C20H18FNO2S. The highest BCUT2D eigenvalue weighted by molar-refractivity contribution is 7.17. The normalized spacial score (nSPS) is 10.5. The molecule has 0 radical (unpaired) electrons. The molecule has 0 fully saturated rings. The Morgan fingerprint density at radius 2 is 1.92 bits per heavy atom. The molecule has 1 heterocycles. The molecule has 0 spiro atoms. The maximum Gasteiger partial charge on any atom is 0.261 e. The quantitative estimate of drug-likeness (QED) is 0.684. The van der Waals surface area contributed by atoms with Crippen molar-refractivity contribution >= 4 is 17.2 Å². The first kappa shape index (κ1) is 17.2. The first-order valence-electron chi connectivity index (χ1n) is 8.01. The van der Waals surface area contributed by atoms with E-state index in [9.17, 15) is 9.18 Å². The summed E-state index contributed by atoms with van der Waals surface area (Å²) in [5, 5.41) is 2.82. The van der Waals surface area contributed by atoms with Gasteiger partial charge in [-0.3, -0.25) is 4.79 Å². The Labute approximate surface area is 150 Å². The van der Waals surface area contributed by atoms with Crippen LogP contribution in [-0.4, -0.2) is 12.5 Å². The number of rotatable bonds is 6. The van der Waals surface area contributed by atoms with Gasteiger partial charge in [-0.15, -0.1) is 11.3 Å². The van der Waals surface area contributed by atoms with Crippen LogP contribution in [0.15, 0.2) is 60.7 Å². The van der Waals surface area contributed by atoms with E-state index in [1.165, 1.54) is 23.5 Å². The van der Waals surface area contributed by atoms with E-state index in [0.717, 1.165) is 21.8 Å². The van der Waals surface area contributed by atoms with E-state index in [0.29, 0.717) is 18.0 Å². The number of carbonyl (C=O) groups excluding carboxylic acids is 1. The van der Waals surface area contributed by atoms with Gasteiger partial charge in [0.15, 0.2) is 0 Å². The second-order valence-electron chi connectivity index (χ2n) is 5.43. The van der Waals surface area contributed by atoms with Gasteiger partial charge in [-0.05, 0) is 66.6 Å². The van der Waals surface area contributed by atoms with E-state index in [-0.39, 0.29) is 11.7 Å². The molecule has 128 valence electrons. The van der Waals surface area contributed by atoms with Crippen LogP contribution >= 0.6 is 11.3 Å². The molecule has 0 aliphatic rings. The average Bonchev–Trinajstić information content (AvgIpc) is 3.11. The Morgan fingerprint density at radius 1 is 1.12 bits per heavy atom. The van der Waals surface area contributed by atoms with Crippen LogP contribution in [-0.2, 0) is 6.54 Å². The zero-order valence-electron chi connectivity index (χ0n) is 13.8. The summed E-state index contributed by atoms with van der Waals surface area (Å²) in [7, 11) is 0. The molecule has 25 heavy (non-hydrogen) atoms. The van der Waals surface area contributed by atoms with Crippen LogP contribution in [0.3, 0.4) is 0 Å². The number of hydrogen-bond donors (Lipinski definition) is 1. The van der Waals surface area contributed by atoms with E-state index < -0.39 is 0 Å². The van der Waals surface area contributed by atoms with Crippen molar-refractivity contribution in [2.75, 3.05) is 6.61 Å². The lowest BCUT2D eigenvalue weighted by Gasteiger charge is -2.04. The molecule has 0 aliphatic carbocycles. The summed E-state index contributed by atoms with van der Waals surface area (Å²) in [6.07, 6.45) is 0. The third-order valence-corrected chi connectivity index (χ3v) is 4.75. The van der Waals surface area contributed by atoms with Gasteiger partial charge in [0, 0.05) is 11.4 Å². The van der Waals surface area contributed by atoms with Crippen LogP contribution in [0.25, 0.3) is 10.4 Å². The maximum atomic E-state index is 13.2. The van der Waals surface area contributed by atoms with Crippen LogP contribution in [0.5, 0.6) is 5.75 Å². The van der Waals surface area contributed by atoms with Crippen molar-refractivity contribution in [3.63, 3.8) is 0 Å². The standard InChI is InChI=1S/C20H18FNO2S/c1-2-24-17-8-6-15(7-9-17)18-10-11-19(25-18)20(23)22-13-14-4-3-5-16(21)12-14/h3-12H,2,13H2,1H3,(H,22,23). The maximum absolute atomic E-state index is 13.2. The van der Waals surface area contributed by atoms with Crippen molar-refractivity contribution in [2.24, 2.45) is 0 Å². The van der Waals surface area contributed by atoms with Crippen molar-refractivity contribution < 1.29 is 13.9 Å². The summed E-state index contributed by atoms with van der Waals surface area (Å²) < 4.78 is 18.6. The zero-order chi connectivity index (χ0) is 17.6. The predicted molar refractivity (Wildman–Crippen MR) is 98.5 cm³/mol. The Kier molecular flexibility index (Phi) is 5.46. The van der Waals surface area contributed by atoms with Gasteiger partial charge in [0.1, 0.15) is 11.6 Å². The molecule has 0 saturated heterocycles. The second kappa shape index (κ2) is 7.94. The summed E-state index contributed by atoms with van der Waals surface area (Å²) in [5.74, 6) is 0.364. The molecule has 1 N–H and O–H groups in total. The lowest BCUT2D eigenvalue weighted by Crippen LogP contribution is -2.21. The highest BCUT2D eigenvalue weighted by Crippen LogP contribution is 2.29. The molecule has 0 bridgehead atoms. The zero-order valence-corrected chi connectivity index (χ0v) is 14.6. The number of ether oxygens (including phenoxy) is 1. The molecule has 0 unspecified atom stereocenters. The summed E-state index contributed by atoms with van der Waals surface area (Å²) >= 11 is 1.42. The van der Waals surface area contributed by atoms with Crippen molar-refractivity contribution in [3.05, 3.63) is 76.9 Å². The molecule has 3 aromatic rings. The molecule has 5 heteroatoms. The lowest BCUT2D eigenvalue weighted by atomic mass is 10.2. The predicted octanol–water partition coefficient (Wildman–Crippen LogP) is 4.88. The summed E-state index contributed by atoms with van der Waals surface area (Å²) in [6.45, 7) is 2.88. The van der Waals surface area contributed by atoms with Gasteiger partial charge in [-0.2, -0.15) is 0 Å². The number of hydrogen-bond acceptors (Lipinski definition) is 3. The Bertz CT molecular complexity index is 858. The first-order chi connectivity index (χ1) is 12.2. The highest BCUT2D eigenvalue weighted by Gasteiger charge is 2.10. The van der Waals surface area contributed by atoms with E-state index in [1.807, 2.05) is 37.3 Å².